The molecule has 66 heavy (non-hydrogen) atoms. The molecule has 2 saturated heterocycles. The van der Waals surface area contributed by atoms with Crippen molar-refractivity contribution in [2.24, 2.45) is 0 Å². The van der Waals surface area contributed by atoms with Gasteiger partial charge in [-0.2, -0.15) is 0 Å². The Hall–Kier alpha value is -6.22. The molecule has 2 fully saturated rings. The van der Waals surface area contributed by atoms with Crippen molar-refractivity contribution in [1.82, 2.24) is 9.80 Å². The minimum Gasteiger partial charge on any atom is -0.457 e. The van der Waals surface area contributed by atoms with E-state index in [4.69, 9.17) is 4.74 Å². The number of rotatable bonds is 17. The third-order valence-electron chi connectivity index (χ3n) is 12.1. The smallest absolute Gasteiger partial charge is 0.255 e. The van der Waals surface area contributed by atoms with Gasteiger partial charge in [0.25, 0.3) is 11.8 Å². The van der Waals surface area contributed by atoms with E-state index in [1.54, 1.807) is 16.2 Å². The van der Waals surface area contributed by atoms with Crippen molar-refractivity contribution in [3.63, 3.8) is 0 Å². The summed E-state index contributed by atoms with van der Waals surface area (Å²) in [6, 6.07) is 44.8. The molecule has 2 aliphatic rings. The highest BCUT2D eigenvalue weighted by Crippen LogP contribution is 2.33. The predicted molar refractivity (Wildman–Crippen MR) is 255 cm³/mol. The molecule has 4 N–H and O–H groups in total. The first-order valence-electron chi connectivity index (χ1n) is 22.6. The van der Waals surface area contributed by atoms with Crippen LogP contribution in [0.2, 0.25) is 0 Å². The Kier molecular flexibility index (Phi) is 16.8. The SMILES string of the molecule is O=C(CCCc1cccs1)[C@H](O)[C@@H](O)C(=O)N1CCC[C@H]1c1ccccc1.O=C(CCc1cccc(Oc2ccc3ccccc3c2)c1)[C@H](O)[C@@H](O)C(=O)N1CCN(c2ccccc2)CC1. The number of hydrogen-bond acceptors (Lipinski definition) is 11. The van der Waals surface area contributed by atoms with E-state index < -0.39 is 47.8 Å². The van der Waals surface area contributed by atoms with Gasteiger partial charge in [0.1, 0.15) is 23.7 Å². The monoisotopic (exact) mass is 911 g/mol. The van der Waals surface area contributed by atoms with Gasteiger partial charge in [-0.25, -0.2) is 0 Å². The Bertz CT molecular complexity index is 2510. The van der Waals surface area contributed by atoms with Crippen LogP contribution in [0.4, 0.5) is 5.69 Å². The van der Waals surface area contributed by atoms with Crippen LogP contribution in [0.5, 0.6) is 11.5 Å². The molecule has 3 heterocycles. The molecule has 2 aliphatic heterocycles. The van der Waals surface area contributed by atoms with E-state index in [-0.39, 0.29) is 18.9 Å². The van der Waals surface area contributed by atoms with Crippen LogP contribution in [0, 0.1) is 0 Å². The number of likely N-dealkylation sites (tertiary alicyclic amines) is 1. The van der Waals surface area contributed by atoms with Crippen LogP contribution in [-0.4, -0.2) is 111 Å². The maximum atomic E-state index is 12.8. The molecule has 0 saturated carbocycles. The van der Waals surface area contributed by atoms with E-state index in [1.165, 1.54) is 9.78 Å². The zero-order valence-electron chi connectivity index (χ0n) is 36.8. The number of ether oxygens (including phenoxy) is 1. The summed E-state index contributed by atoms with van der Waals surface area (Å²) in [6.07, 6.45) is -3.43. The molecule has 344 valence electrons. The number of aliphatic hydroxyl groups excluding tert-OH is 4. The van der Waals surface area contributed by atoms with Crippen molar-refractivity contribution in [3.05, 3.63) is 161 Å². The van der Waals surface area contributed by atoms with E-state index in [9.17, 15) is 39.6 Å². The minimum absolute atomic E-state index is 0.00722. The lowest BCUT2D eigenvalue weighted by atomic mass is 10.0. The summed E-state index contributed by atoms with van der Waals surface area (Å²) in [6.45, 7) is 2.58. The van der Waals surface area contributed by atoms with E-state index in [0.29, 0.717) is 57.1 Å². The Morgan fingerprint density at radius 1 is 0.591 bits per heavy atom. The fourth-order valence-corrected chi connectivity index (χ4v) is 9.19. The van der Waals surface area contributed by atoms with Gasteiger partial charge in [0.2, 0.25) is 0 Å². The molecule has 12 nitrogen and oxygen atoms in total. The van der Waals surface area contributed by atoms with Gasteiger partial charge < -0.3 is 39.9 Å². The number of piperazine rings is 1. The fraction of sp³-hybridized carbons (Fsp3) is 0.321. The first-order chi connectivity index (χ1) is 32.0. The van der Waals surface area contributed by atoms with Crippen molar-refractivity contribution in [3.8, 4) is 11.5 Å². The quantitative estimate of drug-likeness (QED) is 0.0754. The van der Waals surface area contributed by atoms with Crippen LogP contribution in [0.3, 0.4) is 0 Å². The van der Waals surface area contributed by atoms with Crippen LogP contribution in [0.25, 0.3) is 10.8 Å². The zero-order valence-corrected chi connectivity index (χ0v) is 37.6. The third kappa shape index (κ3) is 12.6. The molecule has 13 heteroatoms. The van der Waals surface area contributed by atoms with Crippen molar-refractivity contribution in [1.29, 1.82) is 0 Å². The molecular formula is C53H57N3O9S. The minimum atomic E-state index is -1.77. The summed E-state index contributed by atoms with van der Waals surface area (Å²) < 4.78 is 6.03. The number of fused-ring (bicyclic) bond motifs is 1. The van der Waals surface area contributed by atoms with Crippen LogP contribution >= 0.6 is 11.3 Å². The third-order valence-corrected chi connectivity index (χ3v) is 13.1. The number of carbonyl (C=O) groups is 4. The van der Waals surface area contributed by atoms with Crippen LogP contribution < -0.4 is 9.64 Å². The van der Waals surface area contributed by atoms with Crippen LogP contribution in [-0.2, 0) is 32.0 Å². The number of ketones is 2. The number of amides is 2. The molecule has 5 atom stereocenters. The molecule has 2 amide bonds. The number of nitrogens with zero attached hydrogens (tertiary/aromatic N) is 3. The number of anilines is 1. The largest absolute Gasteiger partial charge is 0.457 e. The van der Waals surface area contributed by atoms with E-state index in [2.05, 4.69) is 4.90 Å². The van der Waals surface area contributed by atoms with Crippen molar-refractivity contribution >= 4 is 51.2 Å². The summed E-state index contributed by atoms with van der Waals surface area (Å²) >= 11 is 1.63. The Balaban J connectivity index is 0.000000210. The molecular weight excluding hydrogens is 855 g/mol. The van der Waals surface area contributed by atoms with Crippen LogP contribution in [0.1, 0.15) is 54.1 Å². The molecule has 8 rings (SSSR count). The van der Waals surface area contributed by atoms with Gasteiger partial charge in [0.05, 0.1) is 6.04 Å². The predicted octanol–water partition coefficient (Wildman–Crippen LogP) is 6.93. The second-order valence-corrected chi connectivity index (χ2v) is 17.7. The zero-order chi connectivity index (χ0) is 46.4. The summed E-state index contributed by atoms with van der Waals surface area (Å²) in [5, 5.41) is 45.6. The van der Waals surface area contributed by atoms with Gasteiger partial charge in [-0.1, -0.05) is 97.1 Å². The highest BCUT2D eigenvalue weighted by molar-refractivity contribution is 7.09. The highest BCUT2D eigenvalue weighted by atomic mass is 32.1. The summed E-state index contributed by atoms with van der Waals surface area (Å²) in [4.78, 5) is 56.8. The average molecular weight is 912 g/mol. The number of Topliss-reactive ketones (excluding diaryl/α,β-unsaturated/α-hetero) is 2. The van der Waals surface area contributed by atoms with E-state index >= 15 is 0 Å². The molecule has 0 bridgehead atoms. The molecule has 6 aromatic rings. The Morgan fingerprint density at radius 3 is 1.95 bits per heavy atom. The standard InChI is InChI=1S/C32H32N2O5.C21H25NO4S/c35-29(30(36)31(37)32(38)34-19-17-33(18-20-34)26-10-2-1-3-11-26)16-13-23-7-6-12-27(21-23)39-28-15-14-24-8-4-5-9-25(24)22-28;23-18(12-4-9-16-10-6-14-27-16)19(24)20(25)21(26)22-13-5-11-17(22)15-7-2-1-3-8-15/h1-12,14-15,21-22,30-31,36-37H,13,16-20H2;1-3,6-8,10,14,17,19-20,24-25H,4-5,9,11-13H2/t30-,31+;17-,19-,20+/m00/s1. The highest BCUT2D eigenvalue weighted by Gasteiger charge is 2.38. The second-order valence-electron chi connectivity index (χ2n) is 16.7. The number of hydrogen-bond donors (Lipinski definition) is 4. The van der Waals surface area contributed by atoms with Gasteiger partial charge in [-0.15, -0.1) is 11.3 Å². The number of aliphatic hydroxyl groups is 4. The first-order valence-corrected chi connectivity index (χ1v) is 23.4. The summed E-state index contributed by atoms with van der Waals surface area (Å²) in [5.74, 6) is -0.887. The van der Waals surface area contributed by atoms with Gasteiger partial charge >= 0.3 is 0 Å². The normalized spacial score (nSPS) is 16.7. The molecule has 0 aliphatic carbocycles. The van der Waals surface area contributed by atoms with Gasteiger partial charge in [0, 0.05) is 56.1 Å². The fourth-order valence-electron chi connectivity index (χ4n) is 8.44. The van der Waals surface area contributed by atoms with Gasteiger partial charge in [-0.05, 0) is 102 Å². The van der Waals surface area contributed by atoms with Crippen molar-refractivity contribution in [2.45, 2.75) is 75.4 Å². The summed E-state index contributed by atoms with van der Waals surface area (Å²) in [5.41, 5.74) is 2.94. The first kappa shape index (κ1) is 47.7. The van der Waals surface area contributed by atoms with Crippen molar-refractivity contribution < 1.29 is 44.3 Å². The maximum Gasteiger partial charge on any atom is 0.255 e. The lowest BCUT2D eigenvalue weighted by Gasteiger charge is -2.37. The lowest BCUT2D eigenvalue weighted by molar-refractivity contribution is -0.153. The van der Waals surface area contributed by atoms with Gasteiger partial charge in [-0.3, -0.25) is 19.2 Å². The molecule has 0 unspecified atom stereocenters. The van der Waals surface area contributed by atoms with Gasteiger partial charge in [0.15, 0.2) is 23.8 Å². The lowest BCUT2D eigenvalue weighted by Crippen LogP contribution is -2.54. The number of carbonyl (C=O) groups excluding carboxylic acids is 4. The van der Waals surface area contributed by atoms with E-state index in [1.807, 2.05) is 145 Å². The number of aryl methyl sites for hydroxylation is 2. The molecule has 1 aromatic heterocycles. The van der Waals surface area contributed by atoms with E-state index in [0.717, 1.165) is 46.8 Å². The second kappa shape index (κ2) is 23.3. The Morgan fingerprint density at radius 2 is 1.24 bits per heavy atom. The molecule has 0 radical (unpaired) electrons. The molecule has 0 spiro atoms. The van der Waals surface area contributed by atoms with Crippen molar-refractivity contribution in [2.75, 3.05) is 37.6 Å². The maximum absolute atomic E-state index is 12.8. The van der Waals surface area contributed by atoms with Crippen LogP contribution in [0.15, 0.2) is 145 Å². The number of benzene rings is 5. The molecule has 5 aromatic carbocycles. The number of para-hydroxylation sites is 1. The number of thiophene rings is 1. The topological polar surface area (TPSA) is 168 Å². The average Bonchev–Trinajstić information content (AvgIpc) is 4.09. The summed E-state index contributed by atoms with van der Waals surface area (Å²) in [7, 11) is 0. The Labute approximate surface area is 389 Å².